The molecule has 2 rings (SSSR count). The molecule has 2 aromatic rings. The van der Waals surface area contributed by atoms with Gasteiger partial charge in [0.15, 0.2) is 0 Å². The van der Waals surface area contributed by atoms with E-state index in [9.17, 15) is 9.59 Å². The summed E-state index contributed by atoms with van der Waals surface area (Å²) in [6, 6.07) is 13.5. The van der Waals surface area contributed by atoms with Crippen LogP contribution >= 0.6 is 0 Å². The Balaban J connectivity index is 2.15. The van der Waals surface area contributed by atoms with Gasteiger partial charge in [0.1, 0.15) is 5.75 Å². The van der Waals surface area contributed by atoms with Crippen molar-refractivity contribution in [3.8, 4) is 5.75 Å². The van der Waals surface area contributed by atoms with Gasteiger partial charge >= 0.3 is 0 Å². The number of carbonyl (C=O) groups excluding carboxylic acids is 2. The topological polar surface area (TPSA) is 81.4 Å². The SMILES string of the molecule is CC(C)COc1cccc(C(=O)Nc2ccccc2C(N)=O)c1. The molecule has 0 atom stereocenters. The van der Waals surface area contributed by atoms with E-state index in [1.807, 2.05) is 0 Å². The zero-order valence-electron chi connectivity index (χ0n) is 13.2. The van der Waals surface area contributed by atoms with Crippen molar-refractivity contribution in [1.29, 1.82) is 0 Å². The Bertz CT molecular complexity index is 711. The number of amides is 2. The summed E-state index contributed by atoms with van der Waals surface area (Å²) in [5, 5.41) is 2.70. The smallest absolute Gasteiger partial charge is 0.255 e. The first kappa shape index (κ1) is 16.5. The van der Waals surface area contributed by atoms with E-state index < -0.39 is 5.91 Å². The summed E-state index contributed by atoms with van der Waals surface area (Å²) >= 11 is 0. The molecule has 0 aliphatic heterocycles. The van der Waals surface area contributed by atoms with Gasteiger partial charge in [-0.1, -0.05) is 32.0 Å². The van der Waals surface area contributed by atoms with Crippen molar-refractivity contribution in [2.45, 2.75) is 13.8 Å². The monoisotopic (exact) mass is 312 g/mol. The van der Waals surface area contributed by atoms with Crippen molar-refractivity contribution in [2.75, 3.05) is 11.9 Å². The maximum Gasteiger partial charge on any atom is 0.255 e. The molecule has 5 nitrogen and oxygen atoms in total. The average molecular weight is 312 g/mol. The van der Waals surface area contributed by atoms with Crippen LogP contribution in [0.15, 0.2) is 48.5 Å². The zero-order valence-corrected chi connectivity index (χ0v) is 13.2. The van der Waals surface area contributed by atoms with Gasteiger partial charge in [-0.05, 0) is 36.2 Å². The normalized spacial score (nSPS) is 10.4. The molecule has 0 aliphatic carbocycles. The van der Waals surface area contributed by atoms with E-state index >= 15 is 0 Å². The Hall–Kier alpha value is -2.82. The van der Waals surface area contributed by atoms with E-state index in [1.165, 1.54) is 0 Å². The molecule has 5 heteroatoms. The fourth-order valence-electron chi connectivity index (χ4n) is 1.99. The molecule has 0 saturated carbocycles. The number of hydrogen-bond donors (Lipinski definition) is 2. The van der Waals surface area contributed by atoms with E-state index in [4.69, 9.17) is 10.5 Å². The van der Waals surface area contributed by atoms with Crippen LogP contribution in [0.2, 0.25) is 0 Å². The van der Waals surface area contributed by atoms with Gasteiger partial charge in [-0.25, -0.2) is 0 Å². The molecule has 2 aromatic carbocycles. The minimum Gasteiger partial charge on any atom is -0.493 e. The summed E-state index contributed by atoms with van der Waals surface area (Å²) in [6.45, 7) is 4.68. The Kier molecular flexibility index (Phi) is 5.36. The van der Waals surface area contributed by atoms with Crippen LogP contribution in [0.3, 0.4) is 0 Å². The molecule has 0 fully saturated rings. The van der Waals surface area contributed by atoms with Crippen LogP contribution in [-0.4, -0.2) is 18.4 Å². The Morgan fingerprint density at radius 1 is 1.13 bits per heavy atom. The second-order valence-corrected chi connectivity index (χ2v) is 5.60. The van der Waals surface area contributed by atoms with Crippen molar-refractivity contribution < 1.29 is 14.3 Å². The lowest BCUT2D eigenvalue weighted by Crippen LogP contribution is -2.18. The van der Waals surface area contributed by atoms with Crippen LogP contribution in [0.1, 0.15) is 34.6 Å². The summed E-state index contributed by atoms with van der Waals surface area (Å²) in [6.07, 6.45) is 0. The molecule has 0 bridgehead atoms. The fraction of sp³-hybridized carbons (Fsp3) is 0.222. The van der Waals surface area contributed by atoms with E-state index in [0.29, 0.717) is 29.5 Å². The second-order valence-electron chi connectivity index (χ2n) is 5.60. The molecular weight excluding hydrogens is 292 g/mol. The summed E-state index contributed by atoms with van der Waals surface area (Å²) < 4.78 is 5.62. The molecule has 0 aromatic heterocycles. The zero-order chi connectivity index (χ0) is 16.8. The molecule has 2 amide bonds. The molecule has 23 heavy (non-hydrogen) atoms. The van der Waals surface area contributed by atoms with Crippen molar-refractivity contribution in [1.82, 2.24) is 0 Å². The lowest BCUT2D eigenvalue weighted by molar-refractivity contribution is 0.100. The molecule has 0 aliphatic rings. The number of hydrogen-bond acceptors (Lipinski definition) is 3. The highest BCUT2D eigenvalue weighted by Gasteiger charge is 2.12. The number of nitrogens with one attached hydrogen (secondary N) is 1. The number of para-hydroxylation sites is 1. The van der Waals surface area contributed by atoms with Gasteiger partial charge in [-0.2, -0.15) is 0 Å². The van der Waals surface area contributed by atoms with Crippen LogP contribution in [0.5, 0.6) is 5.75 Å². The van der Waals surface area contributed by atoms with Crippen molar-refractivity contribution in [3.05, 3.63) is 59.7 Å². The lowest BCUT2D eigenvalue weighted by Gasteiger charge is -2.11. The van der Waals surface area contributed by atoms with E-state index in [2.05, 4.69) is 19.2 Å². The van der Waals surface area contributed by atoms with Gasteiger partial charge in [-0.15, -0.1) is 0 Å². The third-order valence-corrected chi connectivity index (χ3v) is 3.12. The highest BCUT2D eigenvalue weighted by Crippen LogP contribution is 2.18. The predicted molar refractivity (Wildman–Crippen MR) is 89.7 cm³/mol. The molecular formula is C18H20N2O3. The molecule has 120 valence electrons. The highest BCUT2D eigenvalue weighted by molar-refractivity contribution is 6.08. The number of carbonyl (C=O) groups is 2. The maximum atomic E-state index is 12.4. The fourth-order valence-corrected chi connectivity index (χ4v) is 1.99. The van der Waals surface area contributed by atoms with Crippen LogP contribution in [-0.2, 0) is 0 Å². The Labute approximate surface area is 135 Å². The molecule has 0 unspecified atom stereocenters. The number of ether oxygens (including phenoxy) is 1. The van der Waals surface area contributed by atoms with E-state index in [-0.39, 0.29) is 11.5 Å². The van der Waals surface area contributed by atoms with Gasteiger partial charge in [0.05, 0.1) is 17.9 Å². The largest absolute Gasteiger partial charge is 0.493 e. The minimum atomic E-state index is -0.588. The number of anilines is 1. The Morgan fingerprint density at radius 3 is 2.57 bits per heavy atom. The quantitative estimate of drug-likeness (QED) is 0.860. The molecule has 0 radical (unpaired) electrons. The molecule has 3 N–H and O–H groups in total. The third-order valence-electron chi connectivity index (χ3n) is 3.12. The molecule has 0 saturated heterocycles. The lowest BCUT2D eigenvalue weighted by atomic mass is 10.1. The van der Waals surface area contributed by atoms with Crippen LogP contribution in [0, 0.1) is 5.92 Å². The summed E-state index contributed by atoms with van der Waals surface area (Å²) in [5.41, 5.74) is 6.42. The predicted octanol–water partition coefficient (Wildman–Crippen LogP) is 3.07. The van der Waals surface area contributed by atoms with Crippen LogP contribution in [0.25, 0.3) is 0 Å². The standard InChI is InChI=1S/C18H20N2O3/c1-12(2)11-23-14-7-5-6-13(10-14)18(22)20-16-9-4-3-8-15(16)17(19)21/h3-10,12H,11H2,1-2H3,(H2,19,21)(H,20,22). The summed E-state index contributed by atoms with van der Waals surface area (Å²) in [5.74, 6) is 0.119. The number of primary amides is 1. The van der Waals surface area contributed by atoms with Gasteiger partial charge in [0.25, 0.3) is 11.8 Å². The maximum absolute atomic E-state index is 12.4. The van der Waals surface area contributed by atoms with E-state index in [0.717, 1.165) is 0 Å². The Morgan fingerprint density at radius 2 is 1.87 bits per heavy atom. The van der Waals surface area contributed by atoms with Gasteiger partial charge in [0.2, 0.25) is 0 Å². The van der Waals surface area contributed by atoms with Gasteiger partial charge in [-0.3, -0.25) is 9.59 Å². The number of nitrogens with two attached hydrogens (primary N) is 1. The summed E-state index contributed by atoms with van der Waals surface area (Å²) in [7, 11) is 0. The number of rotatable bonds is 6. The van der Waals surface area contributed by atoms with Crippen molar-refractivity contribution in [3.63, 3.8) is 0 Å². The first-order valence-electron chi connectivity index (χ1n) is 7.40. The third kappa shape index (κ3) is 4.57. The van der Waals surface area contributed by atoms with Crippen molar-refractivity contribution >= 4 is 17.5 Å². The first-order valence-corrected chi connectivity index (χ1v) is 7.40. The summed E-state index contributed by atoms with van der Waals surface area (Å²) in [4.78, 5) is 23.8. The average Bonchev–Trinajstić information content (AvgIpc) is 2.53. The van der Waals surface area contributed by atoms with Gasteiger partial charge < -0.3 is 15.8 Å². The minimum absolute atomic E-state index is 0.271. The molecule has 0 spiro atoms. The first-order chi connectivity index (χ1) is 11.0. The second kappa shape index (κ2) is 7.45. The molecule has 0 heterocycles. The number of benzene rings is 2. The van der Waals surface area contributed by atoms with Crippen LogP contribution in [0.4, 0.5) is 5.69 Å². The van der Waals surface area contributed by atoms with Gasteiger partial charge in [0, 0.05) is 5.56 Å². The highest BCUT2D eigenvalue weighted by atomic mass is 16.5. The van der Waals surface area contributed by atoms with Crippen LogP contribution < -0.4 is 15.8 Å². The van der Waals surface area contributed by atoms with Crippen molar-refractivity contribution in [2.24, 2.45) is 11.7 Å². The van der Waals surface area contributed by atoms with E-state index in [1.54, 1.807) is 48.5 Å².